The van der Waals surface area contributed by atoms with E-state index >= 15 is 0 Å². The van der Waals surface area contributed by atoms with Gasteiger partial charge in [0.2, 0.25) is 0 Å². The van der Waals surface area contributed by atoms with E-state index < -0.39 is 23.6 Å². The smallest absolute Gasteiger partial charge is 0.370 e. The van der Waals surface area contributed by atoms with Gasteiger partial charge in [0.1, 0.15) is 6.33 Å². The number of para-hydroxylation sites is 2. The summed E-state index contributed by atoms with van der Waals surface area (Å²) in [6.45, 7) is 0. The van der Waals surface area contributed by atoms with Crippen LogP contribution in [0.4, 0.5) is 13.2 Å². The molecular weight excluding hydrogens is 406 g/mol. The van der Waals surface area contributed by atoms with Crippen molar-refractivity contribution in [3.63, 3.8) is 0 Å². The summed E-state index contributed by atoms with van der Waals surface area (Å²) >= 11 is 0. The molecule has 1 heterocycles. The van der Waals surface area contributed by atoms with Crippen molar-refractivity contribution >= 4 is 47.7 Å². The molecule has 0 unspecified atom stereocenters. The fourth-order valence-corrected chi connectivity index (χ4v) is 2.44. The van der Waals surface area contributed by atoms with Crippen LogP contribution in [0.5, 0.6) is 0 Å². The summed E-state index contributed by atoms with van der Waals surface area (Å²) in [5, 5.41) is 0. The van der Waals surface area contributed by atoms with Crippen molar-refractivity contribution < 1.29 is 18.0 Å². The fraction of sp³-hybridized carbons (Fsp3) is 0.0625. The standard InChI is InChI=1S/C16H12F3N5O.2ClH/c17-16(18,19)10-7-9(14(25)23-15(20)21)5-6-12(10)24-8-22-11-3-1-2-4-13(11)24;;/h1-8H,(H4,20,21,23,25);2*1H. The van der Waals surface area contributed by atoms with Crippen molar-refractivity contribution in [1.82, 2.24) is 9.55 Å². The molecule has 0 aliphatic rings. The fourth-order valence-electron chi connectivity index (χ4n) is 2.44. The molecule has 1 aromatic heterocycles. The van der Waals surface area contributed by atoms with Gasteiger partial charge in [0.25, 0.3) is 5.91 Å². The van der Waals surface area contributed by atoms with E-state index in [0.29, 0.717) is 11.0 Å². The average Bonchev–Trinajstić information content (AvgIpc) is 2.96. The molecule has 0 saturated heterocycles. The lowest BCUT2D eigenvalue weighted by Crippen LogP contribution is -2.24. The number of hydrogen-bond acceptors (Lipinski definition) is 2. The highest BCUT2D eigenvalue weighted by Crippen LogP contribution is 2.35. The number of imidazole rings is 1. The zero-order valence-electron chi connectivity index (χ0n) is 13.5. The summed E-state index contributed by atoms with van der Waals surface area (Å²) in [6, 6.07) is 9.92. The lowest BCUT2D eigenvalue weighted by atomic mass is 10.1. The first-order valence-corrected chi connectivity index (χ1v) is 7.05. The quantitative estimate of drug-likeness (QED) is 0.491. The molecule has 3 aromatic rings. The molecule has 144 valence electrons. The summed E-state index contributed by atoms with van der Waals surface area (Å²) in [5.41, 5.74) is 9.84. The van der Waals surface area contributed by atoms with Crippen LogP contribution in [0, 0.1) is 0 Å². The van der Waals surface area contributed by atoms with Crippen molar-refractivity contribution in [3.05, 3.63) is 59.9 Å². The number of nitrogens with zero attached hydrogens (tertiary/aromatic N) is 3. The van der Waals surface area contributed by atoms with Crippen LogP contribution in [-0.4, -0.2) is 21.4 Å². The number of aromatic nitrogens is 2. The zero-order valence-corrected chi connectivity index (χ0v) is 15.1. The molecule has 6 nitrogen and oxygen atoms in total. The first-order valence-electron chi connectivity index (χ1n) is 7.05. The van der Waals surface area contributed by atoms with Gasteiger partial charge in [0.05, 0.1) is 22.3 Å². The van der Waals surface area contributed by atoms with E-state index in [1.807, 2.05) is 0 Å². The van der Waals surface area contributed by atoms with Gasteiger partial charge in [-0.1, -0.05) is 12.1 Å². The first kappa shape index (κ1) is 22.3. The molecular formula is C16H14Cl2F3N5O. The number of carbonyl (C=O) groups excluding carboxylic acids is 1. The van der Waals surface area contributed by atoms with Crippen LogP contribution in [-0.2, 0) is 6.18 Å². The zero-order chi connectivity index (χ0) is 18.2. The van der Waals surface area contributed by atoms with E-state index in [1.165, 1.54) is 23.0 Å². The predicted molar refractivity (Wildman–Crippen MR) is 101 cm³/mol. The number of fused-ring (bicyclic) bond motifs is 1. The number of carbonyl (C=O) groups is 1. The first-order chi connectivity index (χ1) is 11.8. The van der Waals surface area contributed by atoms with Gasteiger partial charge in [-0.25, -0.2) is 4.98 Å². The van der Waals surface area contributed by atoms with Gasteiger partial charge in [-0.2, -0.15) is 18.2 Å². The molecule has 0 saturated carbocycles. The minimum absolute atomic E-state index is 0. The number of alkyl halides is 3. The number of benzene rings is 2. The Hall–Kier alpha value is -2.78. The average molecular weight is 420 g/mol. The molecule has 0 aliphatic heterocycles. The highest BCUT2D eigenvalue weighted by Gasteiger charge is 2.35. The Morgan fingerprint density at radius 1 is 1.07 bits per heavy atom. The van der Waals surface area contributed by atoms with E-state index in [4.69, 9.17) is 11.5 Å². The van der Waals surface area contributed by atoms with Crippen LogP contribution >= 0.6 is 24.8 Å². The molecule has 0 radical (unpaired) electrons. The summed E-state index contributed by atoms with van der Waals surface area (Å²) in [5.74, 6) is -1.48. The summed E-state index contributed by atoms with van der Waals surface area (Å²) in [6.07, 6.45) is -3.39. The molecule has 4 N–H and O–H groups in total. The summed E-state index contributed by atoms with van der Waals surface area (Å²) in [4.78, 5) is 19.2. The molecule has 0 spiro atoms. The number of rotatable bonds is 2. The number of aliphatic imine (C=N–C) groups is 1. The van der Waals surface area contributed by atoms with Gasteiger partial charge >= 0.3 is 6.18 Å². The van der Waals surface area contributed by atoms with Crippen LogP contribution in [0.2, 0.25) is 0 Å². The third-order valence-corrected chi connectivity index (χ3v) is 3.49. The number of halogens is 5. The molecule has 0 bridgehead atoms. The highest BCUT2D eigenvalue weighted by atomic mass is 35.5. The van der Waals surface area contributed by atoms with Crippen LogP contribution in [0.15, 0.2) is 53.8 Å². The SMILES string of the molecule is Cl.Cl.NC(N)=NC(=O)c1ccc(-n2cnc3ccccc32)c(C(F)(F)F)c1. The second-order valence-corrected chi connectivity index (χ2v) is 5.17. The van der Waals surface area contributed by atoms with E-state index in [1.54, 1.807) is 24.3 Å². The van der Waals surface area contributed by atoms with Crippen molar-refractivity contribution in [2.75, 3.05) is 0 Å². The Morgan fingerprint density at radius 3 is 2.37 bits per heavy atom. The Balaban J connectivity index is 0.00000182. The monoisotopic (exact) mass is 419 g/mol. The number of amides is 1. The van der Waals surface area contributed by atoms with Gasteiger partial charge in [0, 0.05) is 5.56 Å². The lowest BCUT2D eigenvalue weighted by Gasteiger charge is -2.15. The molecule has 0 atom stereocenters. The van der Waals surface area contributed by atoms with Gasteiger partial charge in [0.15, 0.2) is 5.96 Å². The molecule has 3 rings (SSSR count). The Kier molecular flexibility index (Phi) is 6.82. The number of hydrogen-bond donors (Lipinski definition) is 2. The van der Waals surface area contributed by atoms with Crippen molar-refractivity contribution in [2.24, 2.45) is 16.5 Å². The molecule has 27 heavy (non-hydrogen) atoms. The van der Waals surface area contributed by atoms with Crippen LogP contribution in [0.1, 0.15) is 15.9 Å². The minimum atomic E-state index is -4.69. The van der Waals surface area contributed by atoms with Crippen molar-refractivity contribution in [2.45, 2.75) is 6.18 Å². The van der Waals surface area contributed by atoms with E-state index in [2.05, 4.69) is 9.98 Å². The minimum Gasteiger partial charge on any atom is -0.370 e. The maximum Gasteiger partial charge on any atom is 0.418 e. The van der Waals surface area contributed by atoms with E-state index in [0.717, 1.165) is 6.07 Å². The maximum atomic E-state index is 13.5. The maximum absolute atomic E-state index is 13.5. The van der Waals surface area contributed by atoms with E-state index in [-0.39, 0.29) is 36.1 Å². The normalized spacial score (nSPS) is 10.6. The van der Waals surface area contributed by atoms with Gasteiger partial charge in [-0.3, -0.25) is 9.36 Å². The third-order valence-electron chi connectivity index (χ3n) is 3.49. The molecule has 0 fully saturated rings. The van der Waals surface area contributed by atoms with Gasteiger partial charge < -0.3 is 11.5 Å². The van der Waals surface area contributed by atoms with Crippen molar-refractivity contribution in [1.29, 1.82) is 0 Å². The molecule has 11 heteroatoms. The largest absolute Gasteiger partial charge is 0.418 e. The van der Waals surface area contributed by atoms with Crippen LogP contribution in [0.25, 0.3) is 16.7 Å². The second-order valence-electron chi connectivity index (χ2n) is 5.17. The number of guanidine groups is 1. The Bertz CT molecular complexity index is 997. The second kappa shape index (κ2) is 8.28. The Morgan fingerprint density at radius 2 is 1.74 bits per heavy atom. The number of nitrogens with two attached hydrogens (primary N) is 2. The molecule has 2 aromatic carbocycles. The summed E-state index contributed by atoms with van der Waals surface area (Å²) < 4.78 is 41.9. The topological polar surface area (TPSA) is 99.3 Å². The predicted octanol–water partition coefficient (Wildman–Crippen LogP) is 3.30. The van der Waals surface area contributed by atoms with Crippen molar-refractivity contribution in [3.8, 4) is 5.69 Å². The van der Waals surface area contributed by atoms with E-state index in [9.17, 15) is 18.0 Å². The molecule has 0 aliphatic carbocycles. The van der Waals surface area contributed by atoms with Crippen LogP contribution < -0.4 is 11.5 Å². The summed E-state index contributed by atoms with van der Waals surface area (Å²) in [7, 11) is 0. The van der Waals surface area contributed by atoms with Gasteiger partial charge in [-0.05, 0) is 30.3 Å². The lowest BCUT2D eigenvalue weighted by molar-refractivity contribution is -0.137. The molecule has 1 amide bonds. The van der Waals surface area contributed by atoms with Gasteiger partial charge in [-0.15, -0.1) is 24.8 Å². The Labute approximate surface area is 163 Å². The third kappa shape index (κ3) is 4.50. The highest BCUT2D eigenvalue weighted by molar-refractivity contribution is 6.02. The van der Waals surface area contributed by atoms with Crippen LogP contribution in [0.3, 0.4) is 0 Å².